The number of nitrogens with zero attached hydrogens (tertiary/aromatic N) is 3. The van der Waals surface area contributed by atoms with Crippen LogP contribution in [0.2, 0.25) is 0 Å². The second-order valence-electron chi connectivity index (χ2n) is 7.76. The first-order valence-corrected chi connectivity index (χ1v) is 11.0. The minimum atomic E-state index is -0.175. The molecule has 2 aromatic rings. The predicted molar refractivity (Wildman–Crippen MR) is 119 cm³/mol. The molecule has 8 heteroatoms. The third kappa shape index (κ3) is 6.16. The predicted octanol–water partition coefficient (Wildman–Crippen LogP) is 1.79. The highest BCUT2D eigenvalue weighted by Crippen LogP contribution is 2.21. The molecule has 2 saturated heterocycles. The molecule has 4 rings (SSSR count). The van der Waals surface area contributed by atoms with Crippen molar-refractivity contribution in [3.05, 3.63) is 59.8 Å². The Morgan fingerprint density at radius 2 is 1.65 bits per heavy atom. The van der Waals surface area contributed by atoms with Gasteiger partial charge in [0.1, 0.15) is 5.82 Å². The number of nitrogens with one attached hydrogen (secondary N) is 2. The summed E-state index contributed by atoms with van der Waals surface area (Å²) < 4.78 is 10.9. The molecule has 8 nitrogen and oxygen atoms in total. The van der Waals surface area contributed by atoms with Crippen LogP contribution in [0.5, 0.6) is 0 Å². The smallest absolute Gasteiger partial charge is 0.315 e. The van der Waals surface area contributed by atoms with Gasteiger partial charge >= 0.3 is 6.03 Å². The van der Waals surface area contributed by atoms with Crippen LogP contribution in [0.4, 0.5) is 10.6 Å². The molecule has 1 unspecified atom stereocenters. The molecule has 1 aromatic carbocycles. The Morgan fingerprint density at radius 3 is 2.32 bits per heavy atom. The minimum absolute atomic E-state index is 0.130. The van der Waals surface area contributed by atoms with E-state index in [0.717, 1.165) is 64.0 Å². The number of urea groups is 1. The van der Waals surface area contributed by atoms with E-state index in [1.54, 1.807) is 0 Å². The lowest BCUT2D eigenvalue weighted by Gasteiger charge is -2.34. The van der Waals surface area contributed by atoms with Gasteiger partial charge in [-0.15, -0.1) is 0 Å². The van der Waals surface area contributed by atoms with Crippen molar-refractivity contribution in [2.75, 3.05) is 64.1 Å². The molecule has 166 valence electrons. The van der Waals surface area contributed by atoms with Gasteiger partial charge in [0, 0.05) is 45.5 Å². The van der Waals surface area contributed by atoms with Crippen LogP contribution in [0.3, 0.4) is 0 Å². The van der Waals surface area contributed by atoms with Crippen LogP contribution in [-0.4, -0.2) is 75.1 Å². The monoisotopic (exact) mass is 425 g/mol. The molecule has 2 aliphatic heterocycles. The maximum Gasteiger partial charge on any atom is 0.315 e. The van der Waals surface area contributed by atoms with E-state index >= 15 is 0 Å². The van der Waals surface area contributed by atoms with Gasteiger partial charge in [0.15, 0.2) is 0 Å². The van der Waals surface area contributed by atoms with Gasteiger partial charge in [0.2, 0.25) is 0 Å². The van der Waals surface area contributed by atoms with E-state index in [0.29, 0.717) is 13.1 Å². The number of anilines is 1. The molecule has 0 saturated carbocycles. The van der Waals surface area contributed by atoms with Gasteiger partial charge in [-0.05, 0) is 17.2 Å². The second-order valence-corrected chi connectivity index (χ2v) is 7.76. The lowest BCUT2D eigenvalue weighted by atomic mass is 10.0. The van der Waals surface area contributed by atoms with E-state index in [4.69, 9.17) is 9.47 Å². The van der Waals surface area contributed by atoms with Crippen LogP contribution in [-0.2, 0) is 16.0 Å². The molecule has 2 fully saturated rings. The Balaban J connectivity index is 1.27. The Kier molecular flexibility index (Phi) is 7.71. The molecule has 0 bridgehead atoms. The Bertz CT molecular complexity index is 806. The number of hydrogen-bond donors (Lipinski definition) is 2. The number of benzene rings is 1. The average Bonchev–Trinajstić information content (AvgIpc) is 2.85. The van der Waals surface area contributed by atoms with Gasteiger partial charge in [-0.1, -0.05) is 36.4 Å². The Hall–Kier alpha value is -2.68. The number of amides is 2. The molecule has 1 aromatic heterocycles. The quantitative estimate of drug-likeness (QED) is 0.704. The molecular formula is C23H31N5O3. The van der Waals surface area contributed by atoms with Crippen molar-refractivity contribution in [2.45, 2.75) is 12.6 Å². The molecule has 3 heterocycles. The van der Waals surface area contributed by atoms with E-state index in [-0.39, 0.29) is 12.1 Å². The van der Waals surface area contributed by atoms with E-state index in [1.165, 1.54) is 5.56 Å². The zero-order valence-corrected chi connectivity index (χ0v) is 17.8. The van der Waals surface area contributed by atoms with Crippen LogP contribution in [0, 0.1) is 0 Å². The number of morpholine rings is 2. The fourth-order valence-corrected chi connectivity index (χ4v) is 3.96. The van der Waals surface area contributed by atoms with Crippen molar-refractivity contribution in [1.29, 1.82) is 0 Å². The summed E-state index contributed by atoms with van der Waals surface area (Å²) in [6, 6.07) is 14.3. The number of aromatic nitrogens is 1. The summed E-state index contributed by atoms with van der Waals surface area (Å²) in [5.74, 6) is 0.952. The van der Waals surface area contributed by atoms with E-state index < -0.39 is 0 Å². The van der Waals surface area contributed by atoms with Crippen LogP contribution in [0.15, 0.2) is 48.7 Å². The number of carbonyl (C=O) groups is 1. The maximum atomic E-state index is 12.4. The standard InChI is InChI=1S/C23H31N5O3/c29-23(25-17-19-6-7-22(24-16-19)28-10-14-31-15-11-28)26-18-21(20-4-2-1-3-5-20)27-8-12-30-13-9-27/h1-7,16,21H,8-15,17-18H2,(H2,25,26,29). The SMILES string of the molecule is O=C(NCc1ccc(N2CCOCC2)nc1)NCC(c1ccccc1)N1CCOCC1. The number of ether oxygens (including phenoxy) is 2. The van der Waals surface area contributed by atoms with E-state index in [1.807, 2.05) is 36.5 Å². The molecule has 0 radical (unpaired) electrons. The fourth-order valence-electron chi connectivity index (χ4n) is 3.96. The molecule has 0 spiro atoms. The van der Waals surface area contributed by atoms with Crippen molar-refractivity contribution in [1.82, 2.24) is 20.5 Å². The fraction of sp³-hybridized carbons (Fsp3) is 0.478. The lowest BCUT2D eigenvalue weighted by Crippen LogP contribution is -2.45. The zero-order valence-electron chi connectivity index (χ0n) is 17.8. The van der Waals surface area contributed by atoms with Crippen molar-refractivity contribution < 1.29 is 14.3 Å². The summed E-state index contributed by atoms with van der Waals surface area (Å²) in [6.45, 7) is 7.36. The Labute approximate surface area is 183 Å². The van der Waals surface area contributed by atoms with Crippen LogP contribution in [0.25, 0.3) is 0 Å². The number of rotatable bonds is 7. The van der Waals surface area contributed by atoms with Crippen molar-refractivity contribution in [2.24, 2.45) is 0 Å². The topological polar surface area (TPSA) is 79.0 Å². The molecule has 0 aliphatic carbocycles. The van der Waals surface area contributed by atoms with Crippen molar-refractivity contribution >= 4 is 11.8 Å². The van der Waals surface area contributed by atoms with Gasteiger partial charge in [-0.25, -0.2) is 9.78 Å². The first-order chi connectivity index (χ1) is 15.3. The summed E-state index contributed by atoms with van der Waals surface area (Å²) in [4.78, 5) is 21.6. The zero-order chi connectivity index (χ0) is 21.3. The molecule has 31 heavy (non-hydrogen) atoms. The van der Waals surface area contributed by atoms with Crippen molar-refractivity contribution in [3.63, 3.8) is 0 Å². The molecule has 1 atom stereocenters. The molecule has 2 amide bonds. The summed E-state index contributed by atoms with van der Waals surface area (Å²) in [5, 5.41) is 5.98. The summed E-state index contributed by atoms with van der Waals surface area (Å²) in [7, 11) is 0. The van der Waals surface area contributed by atoms with Gasteiger partial charge in [0.05, 0.1) is 32.5 Å². The van der Waals surface area contributed by atoms with Gasteiger partial charge in [-0.3, -0.25) is 4.90 Å². The van der Waals surface area contributed by atoms with Gasteiger partial charge in [0.25, 0.3) is 0 Å². The van der Waals surface area contributed by atoms with E-state index in [2.05, 4.69) is 37.6 Å². The van der Waals surface area contributed by atoms with Gasteiger partial charge in [-0.2, -0.15) is 0 Å². The van der Waals surface area contributed by atoms with Crippen molar-refractivity contribution in [3.8, 4) is 0 Å². The first kappa shape index (κ1) is 21.5. The highest BCUT2D eigenvalue weighted by Gasteiger charge is 2.23. The van der Waals surface area contributed by atoms with Gasteiger partial charge < -0.3 is 25.0 Å². The summed E-state index contributed by atoms with van der Waals surface area (Å²) in [6.07, 6.45) is 1.82. The highest BCUT2D eigenvalue weighted by molar-refractivity contribution is 5.73. The maximum absolute atomic E-state index is 12.4. The summed E-state index contributed by atoms with van der Waals surface area (Å²) in [5.41, 5.74) is 2.17. The highest BCUT2D eigenvalue weighted by atomic mass is 16.5. The molecule has 2 aliphatic rings. The summed E-state index contributed by atoms with van der Waals surface area (Å²) >= 11 is 0. The average molecular weight is 426 g/mol. The minimum Gasteiger partial charge on any atom is -0.379 e. The number of pyridine rings is 1. The second kappa shape index (κ2) is 11.1. The van der Waals surface area contributed by atoms with Crippen LogP contribution >= 0.6 is 0 Å². The largest absolute Gasteiger partial charge is 0.379 e. The Morgan fingerprint density at radius 1 is 0.935 bits per heavy atom. The molecule has 2 N–H and O–H groups in total. The lowest BCUT2D eigenvalue weighted by molar-refractivity contribution is 0.0167. The number of hydrogen-bond acceptors (Lipinski definition) is 6. The van der Waals surface area contributed by atoms with E-state index in [9.17, 15) is 4.79 Å². The van der Waals surface area contributed by atoms with Crippen LogP contribution < -0.4 is 15.5 Å². The third-order valence-corrected chi connectivity index (χ3v) is 5.72. The number of carbonyl (C=O) groups excluding carboxylic acids is 1. The third-order valence-electron chi connectivity index (χ3n) is 5.72. The first-order valence-electron chi connectivity index (χ1n) is 11.0. The van der Waals surface area contributed by atoms with Crippen LogP contribution in [0.1, 0.15) is 17.2 Å². The normalized spacial score (nSPS) is 18.4. The molecular weight excluding hydrogens is 394 g/mol.